The Morgan fingerprint density at radius 1 is 1.17 bits per heavy atom. The van der Waals surface area contributed by atoms with Crippen molar-refractivity contribution in [1.29, 1.82) is 0 Å². The Morgan fingerprint density at radius 3 is 2.59 bits per heavy atom. The summed E-state index contributed by atoms with van der Waals surface area (Å²) < 4.78 is 7.43. The lowest BCUT2D eigenvalue weighted by atomic mass is 9.95. The van der Waals surface area contributed by atoms with Crippen LogP contribution in [0.2, 0.25) is 0 Å². The molecule has 1 heterocycles. The van der Waals surface area contributed by atoms with Crippen molar-refractivity contribution >= 4 is 28.2 Å². The SMILES string of the molecule is CCn1c(C#Cc2cccc(NC(=O)C(C)(C)C)c2)c(N)c2ccc(OC)cc21. The first-order valence-electron chi connectivity index (χ1n) is 9.64. The zero-order valence-corrected chi connectivity index (χ0v) is 17.6. The summed E-state index contributed by atoms with van der Waals surface area (Å²) in [6, 6.07) is 13.4. The largest absolute Gasteiger partial charge is 0.497 e. The smallest absolute Gasteiger partial charge is 0.229 e. The Kier molecular flexibility index (Phi) is 5.56. The molecule has 5 heteroatoms. The number of nitrogen functional groups attached to an aromatic ring is 1. The van der Waals surface area contributed by atoms with Crippen LogP contribution in [0.1, 0.15) is 39.0 Å². The zero-order valence-electron chi connectivity index (χ0n) is 17.6. The van der Waals surface area contributed by atoms with Gasteiger partial charge in [0.2, 0.25) is 5.91 Å². The van der Waals surface area contributed by atoms with E-state index in [-0.39, 0.29) is 5.91 Å². The Hall–Kier alpha value is -3.39. The van der Waals surface area contributed by atoms with Crippen LogP contribution in [-0.4, -0.2) is 17.6 Å². The van der Waals surface area contributed by atoms with Crippen LogP contribution >= 0.6 is 0 Å². The molecular formula is C24H27N3O2. The Labute approximate surface area is 171 Å². The van der Waals surface area contributed by atoms with Gasteiger partial charge in [0.15, 0.2) is 0 Å². The van der Waals surface area contributed by atoms with Crippen molar-refractivity contribution in [3.63, 3.8) is 0 Å². The van der Waals surface area contributed by atoms with Crippen molar-refractivity contribution in [3.05, 3.63) is 53.7 Å². The van der Waals surface area contributed by atoms with Gasteiger partial charge in [-0.1, -0.05) is 32.8 Å². The minimum atomic E-state index is -0.459. The summed E-state index contributed by atoms with van der Waals surface area (Å²) in [6.07, 6.45) is 0. The number of carbonyl (C=O) groups excluding carboxylic acids is 1. The highest BCUT2D eigenvalue weighted by molar-refractivity contribution is 5.96. The van der Waals surface area contributed by atoms with Crippen molar-refractivity contribution in [2.75, 3.05) is 18.2 Å². The van der Waals surface area contributed by atoms with Gasteiger partial charge < -0.3 is 20.4 Å². The van der Waals surface area contributed by atoms with Gasteiger partial charge in [-0.05, 0) is 43.2 Å². The highest BCUT2D eigenvalue weighted by atomic mass is 16.5. The minimum Gasteiger partial charge on any atom is -0.497 e. The molecule has 3 aromatic rings. The van der Waals surface area contributed by atoms with E-state index >= 15 is 0 Å². The molecular weight excluding hydrogens is 362 g/mol. The molecule has 0 saturated heterocycles. The summed E-state index contributed by atoms with van der Waals surface area (Å²) in [4.78, 5) is 12.2. The molecule has 150 valence electrons. The molecule has 0 aliphatic heterocycles. The number of rotatable bonds is 3. The van der Waals surface area contributed by atoms with Crippen molar-refractivity contribution in [3.8, 4) is 17.6 Å². The van der Waals surface area contributed by atoms with E-state index in [2.05, 4.69) is 28.6 Å². The Bertz CT molecular complexity index is 1120. The summed E-state index contributed by atoms with van der Waals surface area (Å²) >= 11 is 0. The quantitative estimate of drug-likeness (QED) is 0.642. The molecule has 2 aromatic carbocycles. The molecule has 0 saturated carbocycles. The summed E-state index contributed by atoms with van der Waals surface area (Å²) in [5, 5.41) is 3.90. The number of amides is 1. The number of nitrogens with two attached hydrogens (primary N) is 1. The van der Waals surface area contributed by atoms with Crippen molar-refractivity contribution < 1.29 is 9.53 Å². The number of fused-ring (bicyclic) bond motifs is 1. The molecule has 0 unspecified atom stereocenters. The molecule has 3 N–H and O–H groups in total. The summed E-state index contributed by atoms with van der Waals surface area (Å²) in [6.45, 7) is 8.45. The highest BCUT2D eigenvalue weighted by Gasteiger charge is 2.21. The third-order valence-electron chi connectivity index (χ3n) is 4.75. The highest BCUT2D eigenvalue weighted by Crippen LogP contribution is 2.31. The number of methoxy groups -OCH3 is 1. The average molecular weight is 389 g/mol. The van der Waals surface area contributed by atoms with Gasteiger partial charge >= 0.3 is 0 Å². The van der Waals surface area contributed by atoms with Gasteiger partial charge in [0.25, 0.3) is 0 Å². The third-order valence-corrected chi connectivity index (χ3v) is 4.75. The maximum Gasteiger partial charge on any atom is 0.229 e. The van der Waals surface area contributed by atoms with Gasteiger partial charge in [-0.15, -0.1) is 0 Å². The molecule has 0 aliphatic carbocycles. The molecule has 0 radical (unpaired) electrons. The Morgan fingerprint density at radius 2 is 1.93 bits per heavy atom. The number of nitrogens with one attached hydrogen (secondary N) is 1. The number of anilines is 2. The maximum atomic E-state index is 12.2. The lowest BCUT2D eigenvalue weighted by Gasteiger charge is -2.17. The molecule has 0 atom stereocenters. The van der Waals surface area contributed by atoms with E-state index < -0.39 is 5.41 Å². The number of hydrogen-bond acceptors (Lipinski definition) is 3. The van der Waals surface area contributed by atoms with E-state index in [4.69, 9.17) is 10.5 Å². The van der Waals surface area contributed by atoms with E-state index in [1.165, 1.54) is 0 Å². The van der Waals surface area contributed by atoms with Gasteiger partial charge in [-0.25, -0.2) is 0 Å². The fourth-order valence-electron chi connectivity index (χ4n) is 3.07. The lowest BCUT2D eigenvalue weighted by Crippen LogP contribution is -2.27. The van der Waals surface area contributed by atoms with Gasteiger partial charge in [0.1, 0.15) is 11.4 Å². The number of aromatic nitrogens is 1. The molecule has 0 aliphatic rings. The van der Waals surface area contributed by atoms with E-state index in [0.29, 0.717) is 5.69 Å². The fraction of sp³-hybridized carbons (Fsp3) is 0.292. The number of aryl methyl sites for hydroxylation is 1. The second-order valence-corrected chi connectivity index (χ2v) is 7.92. The minimum absolute atomic E-state index is 0.0353. The molecule has 29 heavy (non-hydrogen) atoms. The topological polar surface area (TPSA) is 69.3 Å². The lowest BCUT2D eigenvalue weighted by molar-refractivity contribution is -0.123. The summed E-state index contributed by atoms with van der Waals surface area (Å²) in [7, 11) is 1.65. The zero-order chi connectivity index (χ0) is 21.2. The summed E-state index contributed by atoms with van der Waals surface area (Å²) in [5.74, 6) is 7.15. The maximum absolute atomic E-state index is 12.2. The molecule has 1 aromatic heterocycles. The monoisotopic (exact) mass is 389 g/mol. The van der Waals surface area contributed by atoms with E-state index in [0.717, 1.165) is 40.1 Å². The van der Waals surface area contributed by atoms with Crippen LogP contribution in [0.3, 0.4) is 0 Å². The molecule has 0 fully saturated rings. The first-order chi connectivity index (χ1) is 13.7. The van der Waals surface area contributed by atoms with Crippen LogP contribution in [0.4, 0.5) is 11.4 Å². The molecule has 0 spiro atoms. The van der Waals surface area contributed by atoms with Gasteiger partial charge in [-0.3, -0.25) is 4.79 Å². The van der Waals surface area contributed by atoms with Gasteiger partial charge in [0.05, 0.1) is 18.3 Å². The van der Waals surface area contributed by atoms with E-state index in [9.17, 15) is 4.79 Å². The fourth-order valence-corrected chi connectivity index (χ4v) is 3.07. The molecule has 0 bridgehead atoms. The molecule has 1 amide bonds. The predicted octanol–water partition coefficient (Wildman–Crippen LogP) is 4.64. The normalized spacial score (nSPS) is 11.1. The van der Waals surface area contributed by atoms with Crippen LogP contribution in [0.15, 0.2) is 42.5 Å². The van der Waals surface area contributed by atoms with Crippen molar-refractivity contribution in [1.82, 2.24) is 4.57 Å². The number of nitrogens with zero attached hydrogens (tertiary/aromatic N) is 1. The second kappa shape index (κ2) is 7.92. The van der Waals surface area contributed by atoms with Crippen LogP contribution in [0.5, 0.6) is 5.75 Å². The van der Waals surface area contributed by atoms with Crippen LogP contribution < -0.4 is 15.8 Å². The number of hydrogen-bond donors (Lipinski definition) is 2. The third kappa shape index (κ3) is 4.22. The predicted molar refractivity (Wildman–Crippen MR) is 119 cm³/mol. The Balaban J connectivity index is 1.98. The van der Waals surface area contributed by atoms with E-state index in [1.807, 2.05) is 63.2 Å². The second-order valence-electron chi connectivity index (χ2n) is 7.92. The molecule has 5 nitrogen and oxygen atoms in total. The van der Waals surface area contributed by atoms with Gasteiger partial charge in [0, 0.05) is 34.7 Å². The van der Waals surface area contributed by atoms with E-state index in [1.54, 1.807) is 7.11 Å². The van der Waals surface area contributed by atoms with Crippen LogP contribution in [0.25, 0.3) is 10.9 Å². The number of ether oxygens (including phenoxy) is 1. The number of carbonyl (C=O) groups is 1. The first-order valence-corrected chi connectivity index (χ1v) is 9.64. The molecule has 3 rings (SSSR count). The average Bonchev–Trinajstić information content (AvgIpc) is 2.96. The van der Waals surface area contributed by atoms with Crippen LogP contribution in [-0.2, 0) is 11.3 Å². The first kappa shape index (κ1) is 20.3. The van der Waals surface area contributed by atoms with Crippen LogP contribution in [0, 0.1) is 17.3 Å². The van der Waals surface area contributed by atoms with Gasteiger partial charge in [-0.2, -0.15) is 0 Å². The standard InChI is InChI=1S/C24H27N3O2/c1-6-27-20(22(25)19-12-11-18(29-5)15-21(19)27)13-10-16-8-7-9-17(14-16)26-23(28)24(2,3)4/h7-9,11-12,14-15H,6,25H2,1-5H3,(H,26,28). The van der Waals surface area contributed by atoms with Crippen molar-refractivity contribution in [2.24, 2.45) is 5.41 Å². The summed E-state index contributed by atoms with van der Waals surface area (Å²) in [5.41, 5.74) is 9.91. The van der Waals surface area contributed by atoms with Crippen molar-refractivity contribution in [2.45, 2.75) is 34.2 Å². The number of benzene rings is 2.